The van der Waals surface area contributed by atoms with Gasteiger partial charge in [-0.2, -0.15) is 0 Å². The van der Waals surface area contributed by atoms with Crippen molar-refractivity contribution >= 4 is 17.3 Å². The van der Waals surface area contributed by atoms with Crippen molar-refractivity contribution in [2.24, 2.45) is 28.6 Å². The molecule has 0 radical (unpaired) electrons. The molecule has 47 heavy (non-hydrogen) atoms. The molecule has 4 aliphatic carbocycles. The average Bonchev–Trinajstić information content (AvgIpc) is 2.99. The van der Waals surface area contributed by atoms with Crippen LogP contribution in [0.1, 0.15) is 107 Å². The molecular weight excluding hydrogens is 592 g/mol. The van der Waals surface area contributed by atoms with Crippen LogP contribution < -0.4 is 0 Å². The zero-order chi connectivity index (χ0) is 34.2. The lowest BCUT2D eigenvalue weighted by atomic mass is 9.44. The zero-order valence-corrected chi connectivity index (χ0v) is 28.5. The van der Waals surface area contributed by atoms with Crippen LogP contribution >= 0.6 is 0 Å². The van der Waals surface area contributed by atoms with Gasteiger partial charge in [0.05, 0.1) is 5.56 Å². The van der Waals surface area contributed by atoms with Crippen molar-refractivity contribution in [2.45, 2.75) is 105 Å². The number of fused-ring (bicyclic) bond motifs is 3. The van der Waals surface area contributed by atoms with Gasteiger partial charge >= 0.3 is 0 Å². The molecule has 1 saturated carbocycles. The number of phenols is 1. The van der Waals surface area contributed by atoms with E-state index in [1.54, 1.807) is 6.92 Å². The fourth-order valence-electron chi connectivity index (χ4n) is 10.0. The normalized spacial score (nSPS) is 29.6. The number of aromatic hydroxyl groups is 1. The number of aryl methyl sites for hydroxylation is 1. The van der Waals surface area contributed by atoms with E-state index in [0.717, 1.165) is 36.5 Å². The van der Waals surface area contributed by atoms with Crippen LogP contribution in [0.25, 0.3) is 11.1 Å². The highest BCUT2D eigenvalue weighted by atomic mass is 16.3. The lowest BCUT2D eigenvalue weighted by molar-refractivity contribution is -0.171. The van der Waals surface area contributed by atoms with Gasteiger partial charge in [0.15, 0.2) is 17.2 Å². The molecule has 2 aromatic carbocycles. The van der Waals surface area contributed by atoms with E-state index in [0.29, 0.717) is 11.5 Å². The Kier molecular flexibility index (Phi) is 8.10. The molecule has 0 aliphatic heterocycles. The van der Waals surface area contributed by atoms with E-state index >= 15 is 0 Å². The molecule has 1 unspecified atom stereocenters. The van der Waals surface area contributed by atoms with Gasteiger partial charge in [-0.3, -0.25) is 14.4 Å². The number of Topliss-reactive ketones (excluding diaryl/α,β-unsaturated/α-hetero) is 3. The summed E-state index contributed by atoms with van der Waals surface area (Å²) < 4.78 is 0. The van der Waals surface area contributed by atoms with E-state index < -0.39 is 51.0 Å². The summed E-state index contributed by atoms with van der Waals surface area (Å²) in [7, 11) is 0. The Balaban J connectivity index is 1.54. The molecule has 7 heteroatoms. The fourth-order valence-corrected chi connectivity index (χ4v) is 10.0. The summed E-state index contributed by atoms with van der Waals surface area (Å²) in [6.45, 7) is 10.4. The van der Waals surface area contributed by atoms with Crippen LogP contribution in [0.5, 0.6) is 5.75 Å². The second kappa shape index (κ2) is 11.5. The van der Waals surface area contributed by atoms with E-state index in [9.17, 15) is 34.8 Å². The first-order valence-corrected chi connectivity index (χ1v) is 17.3. The number of rotatable bonds is 6. The van der Waals surface area contributed by atoms with Crippen LogP contribution in [-0.2, 0) is 28.9 Å². The summed E-state index contributed by atoms with van der Waals surface area (Å²) >= 11 is 0. The van der Waals surface area contributed by atoms with Gasteiger partial charge < -0.3 is 20.4 Å². The summed E-state index contributed by atoms with van der Waals surface area (Å²) in [5.74, 6) is -4.40. The van der Waals surface area contributed by atoms with E-state index in [1.807, 2.05) is 26.8 Å². The number of allylic oxidation sites excluding steroid dienone is 2. The minimum atomic E-state index is -2.62. The summed E-state index contributed by atoms with van der Waals surface area (Å²) in [5, 5.41) is 46.9. The third-order valence-electron chi connectivity index (χ3n) is 12.0. The van der Waals surface area contributed by atoms with Gasteiger partial charge in [-0.1, -0.05) is 91.0 Å². The van der Waals surface area contributed by atoms with Crippen molar-refractivity contribution in [3.05, 3.63) is 75.3 Å². The van der Waals surface area contributed by atoms with E-state index in [1.165, 1.54) is 43.7 Å². The number of carbonyl (C=O) groups excluding carboxylic acids is 3. The summed E-state index contributed by atoms with van der Waals surface area (Å²) in [6, 6.07) is 9.99. The number of carbonyl (C=O) groups is 3. The first-order chi connectivity index (χ1) is 22.1. The smallest absolute Gasteiger partial charge is 0.209 e. The maximum Gasteiger partial charge on any atom is 0.209 e. The summed E-state index contributed by atoms with van der Waals surface area (Å²) in [6.07, 6.45) is 8.38. The number of aliphatic hydroxyl groups is 3. The molecule has 0 bridgehead atoms. The average molecular weight is 641 g/mol. The first-order valence-electron chi connectivity index (χ1n) is 17.3. The summed E-state index contributed by atoms with van der Waals surface area (Å²) in [5.41, 5.74) is -0.844. The minimum absolute atomic E-state index is 0.0577. The Bertz CT molecular complexity index is 1760. The maximum absolute atomic E-state index is 14.5. The number of ketones is 3. The van der Waals surface area contributed by atoms with E-state index in [4.69, 9.17) is 0 Å². The Labute approximate surface area is 277 Å². The maximum atomic E-state index is 14.5. The van der Waals surface area contributed by atoms with Gasteiger partial charge in [-0.15, -0.1) is 0 Å². The number of hydrogen-bond acceptors (Lipinski definition) is 7. The molecular formula is C40H48O7. The van der Waals surface area contributed by atoms with E-state index in [2.05, 4.69) is 25.1 Å². The second-order valence-electron chi connectivity index (χ2n) is 15.5. The predicted octanol–water partition coefficient (Wildman–Crippen LogP) is 7.70. The van der Waals surface area contributed by atoms with Crippen molar-refractivity contribution in [3.63, 3.8) is 0 Å². The molecule has 6 rings (SSSR count). The molecule has 0 heterocycles. The van der Waals surface area contributed by atoms with Crippen LogP contribution in [0.3, 0.4) is 0 Å². The lowest BCUT2D eigenvalue weighted by Gasteiger charge is -2.59. The van der Waals surface area contributed by atoms with Gasteiger partial charge in [0.25, 0.3) is 0 Å². The van der Waals surface area contributed by atoms with Crippen LogP contribution in [0.4, 0.5) is 0 Å². The minimum Gasteiger partial charge on any atom is -0.511 e. The third kappa shape index (κ3) is 4.74. The molecule has 1 fully saturated rings. The quantitative estimate of drug-likeness (QED) is 0.238. The predicted molar refractivity (Wildman–Crippen MR) is 180 cm³/mol. The van der Waals surface area contributed by atoms with Crippen LogP contribution in [0, 0.1) is 28.6 Å². The van der Waals surface area contributed by atoms with Crippen LogP contribution in [0.2, 0.25) is 0 Å². The topological polar surface area (TPSA) is 132 Å². The van der Waals surface area contributed by atoms with Crippen LogP contribution in [-0.4, -0.2) is 43.4 Å². The molecule has 7 nitrogen and oxygen atoms in total. The molecule has 4 aliphatic rings. The second-order valence-corrected chi connectivity index (χ2v) is 15.5. The van der Waals surface area contributed by atoms with Gasteiger partial charge in [0.1, 0.15) is 22.8 Å². The van der Waals surface area contributed by atoms with Gasteiger partial charge in [0, 0.05) is 22.3 Å². The fraction of sp³-hybridized carbons (Fsp3) is 0.525. The van der Waals surface area contributed by atoms with Crippen LogP contribution in [0.15, 0.2) is 53.0 Å². The molecule has 2 aromatic rings. The highest BCUT2D eigenvalue weighted by molar-refractivity contribution is 6.25. The van der Waals surface area contributed by atoms with Gasteiger partial charge in [-0.05, 0) is 78.3 Å². The third-order valence-corrected chi connectivity index (χ3v) is 12.0. The molecule has 0 saturated heterocycles. The van der Waals surface area contributed by atoms with Gasteiger partial charge in [0.2, 0.25) is 5.78 Å². The van der Waals surface area contributed by atoms with Crippen molar-refractivity contribution in [3.8, 4) is 16.9 Å². The standard InChI is InChI=1S/C40H48O7/c1-7-25-14-13-24(17-23-11-9-8-10-12-23)18-27(25)26-15-16-29(42)31-28(26)19-38(5)20-39(6)32(21(2)3)34(43)30(22(4)41)36(45)40(39,47)37(46)33(38)35(31)44/h13-16,18,21,23,32,42-43,46-47H,7-12,17,19-20H2,1-6H3/t32?,38-,39-,40+/m1/s1. The molecule has 4 atom stereocenters. The van der Waals surface area contributed by atoms with Crippen molar-refractivity contribution < 1.29 is 34.8 Å². The highest BCUT2D eigenvalue weighted by Gasteiger charge is 2.71. The number of aliphatic hydroxyl groups excluding tert-OH is 2. The van der Waals surface area contributed by atoms with Crippen molar-refractivity contribution in [1.82, 2.24) is 0 Å². The van der Waals surface area contributed by atoms with Crippen molar-refractivity contribution in [2.75, 3.05) is 0 Å². The monoisotopic (exact) mass is 640 g/mol. The van der Waals surface area contributed by atoms with Gasteiger partial charge in [-0.25, -0.2) is 0 Å². The number of benzene rings is 2. The Morgan fingerprint density at radius 1 is 0.979 bits per heavy atom. The Hall–Kier alpha value is -3.71. The first kappa shape index (κ1) is 33.2. The van der Waals surface area contributed by atoms with E-state index in [-0.39, 0.29) is 41.4 Å². The van der Waals surface area contributed by atoms with Crippen molar-refractivity contribution in [1.29, 1.82) is 0 Å². The Morgan fingerprint density at radius 2 is 1.66 bits per heavy atom. The number of phenolic OH excluding ortho intramolecular Hbond substituents is 1. The lowest BCUT2D eigenvalue weighted by Crippen LogP contribution is -2.67. The SMILES string of the molecule is CCc1ccc(CC2CCCCC2)cc1-c1ccc(O)c2c1C[C@]1(C)C[C@]3(C)C(C(C)C)C(O)=C(C(C)=O)C(=O)[C@]3(O)C(O)=C1C2=O. The molecule has 0 amide bonds. The molecule has 0 aromatic heterocycles. The molecule has 250 valence electrons. The highest BCUT2D eigenvalue weighted by Crippen LogP contribution is 2.65. The largest absolute Gasteiger partial charge is 0.511 e. The molecule has 0 spiro atoms. The molecule has 4 N–H and O–H groups in total. The Morgan fingerprint density at radius 3 is 2.28 bits per heavy atom. The summed E-state index contributed by atoms with van der Waals surface area (Å²) in [4.78, 5) is 41.2. The number of hydrogen-bond donors (Lipinski definition) is 4. The zero-order valence-electron chi connectivity index (χ0n) is 28.5.